The Balaban J connectivity index is 1.14. The number of nitrogens with one attached hydrogen (secondary N) is 1. The third-order valence-electron chi connectivity index (χ3n) is 7.48. The molecule has 0 spiro atoms. The Hall–Kier alpha value is -1.89. The first-order chi connectivity index (χ1) is 15.7. The van der Waals surface area contributed by atoms with Crippen LogP contribution in [0.2, 0.25) is 0 Å². The second-order valence-electron chi connectivity index (χ2n) is 9.48. The first-order valence-corrected chi connectivity index (χ1v) is 12.2. The number of amides is 1. The zero-order chi connectivity index (χ0) is 22.3. The van der Waals surface area contributed by atoms with E-state index in [1.54, 1.807) is 14.2 Å². The summed E-state index contributed by atoms with van der Waals surface area (Å²) in [5, 5.41) is 4.44. The van der Waals surface area contributed by atoms with E-state index in [1.165, 1.54) is 62.7 Å². The Morgan fingerprint density at radius 1 is 1.09 bits per heavy atom. The van der Waals surface area contributed by atoms with Gasteiger partial charge in [-0.25, -0.2) is 0 Å². The summed E-state index contributed by atoms with van der Waals surface area (Å²) in [5.41, 5.74) is 2.40. The van der Waals surface area contributed by atoms with Gasteiger partial charge < -0.3 is 24.1 Å². The van der Waals surface area contributed by atoms with Gasteiger partial charge in [0, 0.05) is 31.2 Å². The lowest BCUT2D eigenvalue weighted by atomic mass is 9.83. The average Bonchev–Trinajstić information content (AvgIpc) is 3.26. The second-order valence-corrected chi connectivity index (χ2v) is 9.48. The minimum atomic E-state index is -0.456. The Morgan fingerprint density at radius 3 is 2.53 bits per heavy atom. The van der Waals surface area contributed by atoms with Crippen LogP contribution in [0.15, 0.2) is 34.9 Å². The van der Waals surface area contributed by atoms with Gasteiger partial charge in [0.2, 0.25) is 5.91 Å². The third kappa shape index (κ3) is 5.91. The van der Waals surface area contributed by atoms with Crippen molar-refractivity contribution in [2.75, 3.05) is 33.9 Å². The zero-order valence-electron chi connectivity index (χ0n) is 19.6. The molecule has 2 fully saturated rings. The van der Waals surface area contributed by atoms with E-state index in [2.05, 4.69) is 28.4 Å². The van der Waals surface area contributed by atoms with Gasteiger partial charge in [-0.15, -0.1) is 0 Å². The third-order valence-corrected chi connectivity index (χ3v) is 7.48. The average molecular weight is 443 g/mol. The van der Waals surface area contributed by atoms with Crippen LogP contribution in [0.4, 0.5) is 0 Å². The van der Waals surface area contributed by atoms with Crippen molar-refractivity contribution >= 4 is 16.9 Å². The number of fused-ring (bicyclic) bond motifs is 1. The molecule has 32 heavy (non-hydrogen) atoms. The smallest absolute Gasteiger partial charge is 0.225 e. The summed E-state index contributed by atoms with van der Waals surface area (Å²) in [6.07, 6.45) is 10.1. The van der Waals surface area contributed by atoms with Crippen molar-refractivity contribution in [1.29, 1.82) is 0 Å². The summed E-state index contributed by atoms with van der Waals surface area (Å²) in [6.45, 7) is 3.55. The molecule has 1 amide bonds. The number of benzene rings is 1. The Labute approximate surface area is 191 Å². The van der Waals surface area contributed by atoms with Crippen LogP contribution in [0, 0.1) is 5.92 Å². The number of carbonyl (C=O) groups excluding carboxylic acids is 1. The van der Waals surface area contributed by atoms with Crippen LogP contribution in [-0.4, -0.2) is 57.0 Å². The van der Waals surface area contributed by atoms with Crippen LogP contribution in [0.1, 0.15) is 62.8 Å². The molecule has 1 saturated carbocycles. The molecule has 4 rings (SSSR count). The van der Waals surface area contributed by atoms with Crippen LogP contribution >= 0.6 is 0 Å². The standard InChI is InChI=1S/C26H38N2O4/c1-30-26(31-2)17-25(29)27-21-9-7-19(8-10-21)11-14-28-15-12-20(13-16-28)23-18-32-24-6-4-3-5-22(23)24/h3-6,18-21,26H,7-17H2,1-2H3,(H,27,29). The number of para-hydroxylation sites is 1. The summed E-state index contributed by atoms with van der Waals surface area (Å²) in [7, 11) is 3.13. The number of hydrogen-bond donors (Lipinski definition) is 1. The van der Waals surface area contributed by atoms with E-state index in [9.17, 15) is 4.79 Å². The molecule has 6 nitrogen and oxygen atoms in total. The highest BCUT2D eigenvalue weighted by molar-refractivity contribution is 5.81. The van der Waals surface area contributed by atoms with Crippen LogP contribution < -0.4 is 5.32 Å². The fourth-order valence-corrected chi connectivity index (χ4v) is 5.44. The van der Waals surface area contributed by atoms with Crippen molar-refractivity contribution in [2.24, 2.45) is 5.92 Å². The van der Waals surface area contributed by atoms with Gasteiger partial charge in [0.15, 0.2) is 6.29 Å². The van der Waals surface area contributed by atoms with Crippen LogP contribution in [-0.2, 0) is 14.3 Å². The Bertz CT molecular complexity index is 846. The largest absolute Gasteiger partial charge is 0.464 e. The number of ether oxygens (including phenoxy) is 2. The molecule has 2 aromatic rings. The van der Waals surface area contributed by atoms with E-state index in [0.717, 1.165) is 24.3 Å². The topological polar surface area (TPSA) is 63.9 Å². The normalized spacial score (nSPS) is 23.1. The van der Waals surface area contributed by atoms with Gasteiger partial charge in [0.1, 0.15) is 5.58 Å². The highest BCUT2D eigenvalue weighted by Gasteiger charge is 2.26. The minimum absolute atomic E-state index is 0.0235. The molecular weight excluding hydrogens is 404 g/mol. The van der Waals surface area contributed by atoms with Gasteiger partial charge in [0.25, 0.3) is 0 Å². The van der Waals surface area contributed by atoms with E-state index in [0.29, 0.717) is 12.0 Å². The molecule has 1 N–H and O–H groups in total. The monoisotopic (exact) mass is 442 g/mol. The summed E-state index contributed by atoms with van der Waals surface area (Å²) in [4.78, 5) is 14.8. The molecule has 0 bridgehead atoms. The van der Waals surface area contributed by atoms with E-state index in [4.69, 9.17) is 13.9 Å². The molecule has 1 aliphatic carbocycles. The van der Waals surface area contributed by atoms with Gasteiger partial charge >= 0.3 is 0 Å². The number of methoxy groups -OCH3 is 2. The van der Waals surface area contributed by atoms with E-state index in [1.807, 2.05) is 12.3 Å². The molecule has 6 heteroatoms. The predicted octanol–water partition coefficient (Wildman–Crippen LogP) is 4.69. The van der Waals surface area contributed by atoms with Crippen molar-refractivity contribution < 1.29 is 18.7 Å². The Morgan fingerprint density at radius 2 is 1.81 bits per heavy atom. The zero-order valence-corrected chi connectivity index (χ0v) is 19.6. The lowest BCUT2D eigenvalue weighted by Crippen LogP contribution is -2.40. The van der Waals surface area contributed by atoms with Gasteiger partial charge in [-0.2, -0.15) is 0 Å². The summed E-state index contributed by atoms with van der Waals surface area (Å²) < 4.78 is 16.0. The molecule has 0 unspecified atom stereocenters. The van der Waals surface area contributed by atoms with Gasteiger partial charge in [-0.1, -0.05) is 18.2 Å². The maximum atomic E-state index is 12.2. The van der Waals surface area contributed by atoms with Crippen molar-refractivity contribution in [3.05, 3.63) is 36.1 Å². The number of nitrogens with zero attached hydrogens (tertiary/aromatic N) is 1. The fourth-order valence-electron chi connectivity index (χ4n) is 5.44. The highest BCUT2D eigenvalue weighted by Crippen LogP contribution is 2.35. The summed E-state index contributed by atoms with van der Waals surface area (Å²) in [5.74, 6) is 1.42. The number of carbonyl (C=O) groups is 1. The molecule has 0 radical (unpaired) electrons. The van der Waals surface area contributed by atoms with Crippen molar-refractivity contribution in [3.63, 3.8) is 0 Å². The van der Waals surface area contributed by atoms with Crippen LogP contribution in [0.3, 0.4) is 0 Å². The molecule has 1 aromatic heterocycles. The predicted molar refractivity (Wildman–Crippen MR) is 126 cm³/mol. The second kappa shape index (κ2) is 11.3. The molecule has 2 aliphatic rings. The molecule has 176 valence electrons. The highest BCUT2D eigenvalue weighted by atomic mass is 16.7. The Kier molecular flexibility index (Phi) is 8.22. The molecular formula is C26H38N2O4. The van der Waals surface area contributed by atoms with Crippen molar-refractivity contribution in [2.45, 2.75) is 69.6 Å². The lowest BCUT2D eigenvalue weighted by Gasteiger charge is -2.34. The number of likely N-dealkylation sites (tertiary alicyclic amines) is 1. The maximum absolute atomic E-state index is 12.2. The van der Waals surface area contributed by atoms with E-state index >= 15 is 0 Å². The quantitative estimate of drug-likeness (QED) is 0.571. The number of hydrogen-bond acceptors (Lipinski definition) is 5. The number of rotatable bonds is 9. The summed E-state index contributed by atoms with van der Waals surface area (Å²) >= 11 is 0. The van der Waals surface area contributed by atoms with E-state index < -0.39 is 6.29 Å². The lowest BCUT2D eigenvalue weighted by molar-refractivity contribution is -0.140. The SMILES string of the molecule is COC(CC(=O)NC1CCC(CCN2CCC(c3coc4ccccc34)CC2)CC1)OC. The van der Waals surface area contributed by atoms with Gasteiger partial charge in [-0.3, -0.25) is 4.79 Å². The minimum Gasteiger partial charge on any atom is -0.464 e. The van der Waals surface area contributed by atoms with Gasteiger partial charge in [-0.05, 0) is 82.5 Å². The molecule has 1 aliphatic heterocycles. The van der Waals surface area contributed by atoms with Gasteiger partial charge in [0.05, 0.1) is 12.7 Å². The molecule has 1 saturated heterocycles. The first kappa shape index (κ1) is 23.3. The van der Waals surface area contributed by atoms with Crippen molar-refractivity contribution in [3.8, 4) is 0 Å². The summed E-state index contributed by atoms with van der Waals surface area (Å²) in [6, 6.07) is 8.69. The molecule has 1 aromatic carbocycles. The number of furan rings is 1. The first-order valence-electron chi connectivity index (χ1n) is 12.2. The van der Waals surface area contributed by atoms with Crippen LogP contribution in [0.25, 0.3) is 11.0 Å². The maximum Gasteiger partial charge on any atom is 0.225 e. The molecule has 2 heterocycles. The number of piperidine rings is 1. The van der Waals surface area contributed by atoms with Crippen molar-refractivity contribution in [1.82, 2.24) is 10.2 Å². The fraction of sp³-hybridized carbons (Fsp3) is 0.654. The molecule has 0 atom stereocenters. The van der Waals surface area contributed by atoms with E-state index in [-0.39, 0.29) is 12.3 Å². The van der Waals surface area contributed by atoms with Crippen LogP contribution in [0.5, 0.6) is 0 Å².